The molecule has 0 amide bonds. The van der Waals surface area contributed by atoms with Crippen LogP contribution in [-0.4, -0.2) is 0 Å². The van der Waals surface area contributed by atoms with E-state index in [2.05, 4.69) is 195 Å². The molecule has 0 atom stereocenters. The number of nitrogens with zero attached hydrogens (tertiary/aromatic N) is 1. The van der Waals surface area contributed by atoms with Gasteiger partial charge in [0.15, 0.2) is 0 Å². The molecule has 9 aromatic carbocycles. The summed E-state index contributed by atoms with van der Waals surface area (Å²) in [7, 11) is 0. The number of rotatable bonds is 4. The van der Waals surface area contributed by atoms with Gasteiger partial charge in [0.1, 0.15) is 11.2 Å². The molecule has 0 unspecified atom stereocenters. The first-order valence-corrected chi connectivity index (χ1v) is 18.4. The third-order valence-corrected chi connectivity index (χ3v) is 11.6. The van der Waals surface area contributed by atoms with E-state index < -0.39 is 0 Å². The molecular weight excluding hydrogens is 643 g/mol. The van der Waals surface area contributed by atoms with Crippen molar-refractivity contribution in [1.29, 1.82) is 0 Å². The van der Waals surface area contributed by atoms with Crippen LogP contribution in [0.3, 0.4) is 0 Å². The van der Waals surface area contributed by atoms with E-state index in [1.54, 1.807) is 0 Å². The third-order valence-electron chi connectivity index (χ3n) is 11.6. The fraction of sp³-hybridized carbons (Fsp3) is 0.0588. The van der Waals surface area contributed by atoms with Crippen molar-refractivity contribution < 1.29 is 4.42 Å². The molecule has 0 aliphatic heterocycles. The molecule has 11 rings (SSSR count). The summed E-state index contributed by atoms with van der Waals surface area (Å²) >= 11 is 0. The Morgan fingerprint density at radius 2 is 1.04 bits per heavy atom. The summed E-state index contributed by atoms with van der Waals surface area (Å²) < 4.78 is 6.46. The van der Waals surface area contributed by atoms with Gasteiger partial charge in [0.2, 0.25) is 0 Å². The summed E-state index contributed by atoms with van der Waals surface area (Å²) in [6.45, 7) is 4.72. The van der Waals surface area contributed by atoms with Crippen molar-refractivity contribution in [1.82, 2.24) is 0 Å². The molecule has 250 valence electrons. The molecule has 1 aromatic heterocycles. The van der Waals surface area contributed by atoms with Crippen LogP contribution in [0.25, 0.3) is 76.5 Å². The van der Waals surface area contributed by atoms with E-state index in [0.29, 0.717) is 0 Å². The highest BCUT2D eigenvalue weighted by Gasteiger charge is 2.36. The van der Waals surface area contributed by atoms with Crippen LogP contribution in [-0.2, 0) is 5.41 Å². The highest BCUT2D eigenvalue weighted by Crippen LogP contribution is 2.52. The van der Waals surface area contributed by atoms with Gasteiger partial charge in [-0.2, -0.15) is 0 Å². The van der Waals surface area contributed by atoms with E-state index in [1.165, 1.54) is 71.1 Å². The average molecular weight is 678 g/mol. The van der Waals surface area contributed by atoms with E-state index in [9.17, 15) is 0 Å². The molecule has 0 saturated carbocycles. The molecule has 0 saturated heterocycles. The Hall–Kier alpha value is -6.64. The van der Waals surface area contributed by atoms with Gasteiger partial charge < -0.3 is 9.32 Å². The standard InChI is InChI=1S/C51H35NO/c1-51(2)43-20-10-8-16-37(43)38-28-27-35(31-44(38)51)52(34-25-23-33(24-26-34)32-13-4-3-5-14-32)45-21-12-19-39-36-15-6-7-17-40(36)49-42(48(39)45)29-30-47-50(49)41-18-9-11-22-46(41)53-47/h3-31H,1-2H3. The predicted molar refractivity (Wildman–Crippen MR) is 224 cm³/mol. The van der Waals surface area contributed by atoms with Crippen molar-refractivity contribution in [2.45, 2.75) is 19.3 Å². The van der Waals surface area contributed by atoms with Crippen LogP contribution >= 0.6 is 0 Å². The van der Waals surface area contributed by atoms with Gasteiger partial charge in [0.05, 0.1) is 5.69 Å². The molecule has 10 aromatic rings. The number of furan rings is 1. The van der Waals surface area contributed by atoms with Gasteiger partial charge in [-0.25, -0.2) is 0 Å². The number of para-hydroxylation sites is 1. The Labute approximate surface area is 308 Å². The number of hydrogen-bond donors (Lipinski definition) is 0. The first kappa shape index (κ1) is 30.0. The highest BCUT2D eigenvalue weighted by molar-refractivity contribution is 6.36. The SMILES string of the molecule is CC1(C)c2ccccc2-c2ccc(N(c3ccc(-c4ccccc4)cc3)c3cccc4c5ccccc5c5c(ccc6oc7ccccc7c65)c34)cc21. The Kier molecular flexibility index (Phi) is 6.33. The first-order valence-electron chi connectivity index (χ1n) is 18.4. The lowest BCUT2D eigenvalue weighted by Gasteiger charge is -2.30. The van der Waals surface area contributed by atoms with Gasteiger partial charge in [-0.05, 0) is 103 Å². The molecule has 0 spiro atoms. The van der Waals surface area contributed by atoms with Gasteiger partial charge in [-0.15, -0.1) is 0 Å². The summed E-state index contributed by atoms with van der Waals surface area (Å²) in [6, 6.07) is 64.2. The Bertz CT molecular complexity index is 3080. The predicted octanol–water partition coefficient (Wildman–Crippen LogP) is 14.5. The second kappa shape index (κ2) is 11.2. The summed E-state index contributed by atoms with van der Waals surface area (Å²) in [5.74, 6) is 0. The normalized spacial score (nSPS) is 13.2. The molecule has 1 aliphatic carbocycles. The largest absolute Gasteiger partial charge is 0.456 e. The zero-order chi connectivity index (χ0) is 35.3. The monoisotopic (exact) mass is 677 g/mol. The van der Waals surface area contributed by atoms with Crippen LogP contribution < -0.4 is 4.90 Å². The van der Waals surface area contributed by atoms with Crippen molar-refractivity contribution in [3.05, 3.63) is 187 Å². The second-order valence-corrected chi connectivity index (χ2v) is 14.9. The van der Waals surface area contributed by atoms with Crippen molar-refractivity contribution in [2.75, 3.05) is 4.90 Å². The molecule has 0 bridgehead atoms. The lowest BCUT2D eigenvalue weighted by molar-refractivity contribution is 0.660. The fourth-order valence-electron chi connectivity index (χ4n) is 9.17. The maximum atomic E-state index is 6.46. The minimum absolute atomic E-state index is 0.125. The third kappa shape index (κ3) is 4.33. The van der Waals surface area contributed by atoms with Crippen molar-refractivity contribution in [3.63, 3.8) is 0 Å². The van der Waals surface area contributed by atoms with Gasteiger partial charge in [0.25, 0.3) is 0 Å². The number of fused-ring (bicyclic) bond motifs is 13. The molecular formula is C51H35NO. The zero-order valence-electron chi connectivity index (χ0n) is 29.6. The zero-order valence-corrected chi connectivity index (χ0v) is 29.6. The fourth-order valence-corrected chi connectivity index (χ4v) is 9.17. The number of hydrogen-bond acceptors (Lipinski definition) is 2. The van der Waals surface area contributed by atoms with E-state index >= 15 is 0 Å². The quantitative estimate of drug-likeness (QED) is 0.172. The Balaban J connectivity index is 1.23. The smallest absolute Gasteiger partial charge is 0.136 e. The maximum absolute atomic E-state index is 6.46. The minimum atomic E-state index is -0.125. The van der Waals surface area contributed by atoms with Gasteiger partial charge >= 0.3 is 0 Å². The van der Waals surface area contributed by atoms with E-state index in [-0.39, 0.29) is 5.41 Å². The molecule has 0 fully saturated rings. The van der Waals surface area contributed by atoms with Gasteiger partial charge in [-0.3, -0.25) is 0 Å². The number of benzene rings is 9. The summed E-state index contributed by atoms with van der Waals surface area (Å²) in [6.07, 6.45) is 0. The van der Waals surface area contributed by atoms with E-state index in [1.807, 2.05) is 0 Å². The van der Waals surface area contributed by atoms with Gasteiger partial charge in [0, 0.05) is 38.3 Å². The maximum Gasteiger partial charge on any atom is 0.136 e. The van der Waals surface area contributed by atoms with Crippen LogP contribution in [0.15, 0.2) is 180 Å². The van der Waals surface area contributed by atoms with Crippen LogP contribution in [0, 0.1) is 0 Å². The molecule has 2 nitrogen and oxygen atoms in total. The molecule has 2 heteroatoms. The highest BCUT2D eigenvalue weighted by atomic mass is 16.3. The summed E-state index contributed by atoms with van der Waals surface area (Å²) in [4.78, 5) is 2.47. The lowest BCUT2D eigenvalue weighted by atomic mass is 9.82. The van der Waals surface area contributed by atoms with Crippen LogP contribution in [0.5, 0.6) is 0 Å². The van der Waals surface area contributed by atoms with E-state index in [4.69, 9.17) is 4.42 Å². The second-order valence-electron chi connectivity index (χ2n) is 14.9. The van der Waals surface area contributed by atoms with Crippen LogP contribution in [0.1, 0.15) is 25.0 Å². The molecule has 0 radical (unpaired) electrons. The van der Waals surface area contributed by atoms with Crippen molar-refractivity contribution in [3.8, 4) is 22.3 Å². The van der Waals surface area contributed by atoms with Crippen LogP contribution in [0.2, 0.25) is 0 Å². The molecule has 1 heterocycles. The Morgan fingerprint density at radius 1 is 0.396 bits per heavy atom. The summed E-state index contributed by atoms with van der Waals surface area (Å²) in [5.41, 5.74) is 12.9. The molecule has 1 aliphatic rings. The Morgan fingerprint density at radius 3 is 1.89 bits per heavy atom. The lowest BCUT2D eigenvalue weighted by Crippen LogP contribution is -2.16. The van der Waals surface area contributed by atoms with Crippen LogP contribution in [0.4, 0.5) is 17.1 Å². The topological polar surface area (TPSA) is 16.4 Å². The van der Waals surface area contributed by atoms with Gasteiger partial charge in [-0.1, -0.05) is 141 Å². The first-order chi connectivity index (χ1) is 26.1. The summed E-state index contributed by atoms with van der Waals surface area (Å²) in [5, 5.41) is 9.69. The van der Waals surface area contributed by atoms with Crippen molar-refractivity contribution >= 4 is 71.3 Å². The number of anilines is 3. The molecule has 53 heavy (non-hydrogen) atoms. The molecule has 0 N–H and O–H groups in total. The average Bonchev–Trinajstić information content (AvgIpc) is 3.70. The minimum Gasteiger partial charge on any atom is -0.456 e. The van der Waals surface area contributed by atoms with Crippen molar-refractivity contribution in [2.24, 2.45) is 0 Å². The van der Waals surface area contributed by atoms with E-state index in [0.717, 1.165) is 33.6 Å².